The average Bonchev–Trinajstić information content (AvgIpc) is 3.38. The number of anilines is 2. The van der Waals surface area contributed by atoms with Crippen molar-refractivity contribution in [3.05, 3.63) is 48.0 Å². The van der Waals surface area contributed by atoms with Crippen LogP contribution in [0.4, 0.5) is 11.6 Å². The monoisotopic (exact) mass is 453 g/mol. The lowest BCUT2D eigenvalue weighted by atomic mass is 10.1. The van der Waals surface area contributed by atoms with E-state index in [4.69, 9.17) is 4.98 Å². The highest BCUT2D eigenvalue weighted by Gasteiger charge is 2.32. The van der Waals surface area contributed by atoms with Gasteiger partial charge in [0.15, 0.2) is 0 Å². The van der Waals surface area contributed by atoms with Gasteiger partial charge in [-0.3, -0.25) is 9.69 Å². The Morgan fingerprint density at radius 1 is 0.969 bits per heavy atom. The number of imidazole rings is 1. The van der Waals surface area contributed by atoms with Crippen LogP contribution in [-0.4, -0.2) is 61.9 Å². The molecule has 8 nitrogen and oxygen atoms in total. The number of hydrogen-bond acceptors (Lipinski definition) is 5. The van der Waals surface area contributed by atoms with Gasteiger partial charge in [-0.05, 0) is 49.6 Å². The second-order valence-corrected chi connectivity index (χ2v) is 10.7. The van der Waals surface area contributed by atoms with Crippen LogP contribution in [0.15, 0.2) is 47.4 Å². The number of rotatable bonds is 4. The first kappa shape index (κ1) is 21.0. The Bertz CT molecular complexity index is 1290. The fraction of sp³-hybridized carbons (Fsp3) is 0.391. The van der Waals surface area contributed by atoms with Crippen LogP contribution >= 0.6 is 0 Å². The maximum Gasteiger partial charge on any atom is 0.262 e. The first-order chi connectivity index (χ1) is 15.4. The average molecular weight is 454 g/mol. The third kappa shape index (κ3) is 3.36. The van der Waals surface area contributed by atoms with E-state index < -0.39 is 10.0 Å². The van der Waals surface area contributed by atoms with Crippen LogP contribution < -0.4 is 9.80 Å². The Kier molecular flexibility index (Phi) is 5.17. The summed E-state index contributed by atoms with van der Waals surface area (Å²) in [5, 5.41) is 0. The van der Waals surface area contributed by atoms with Gasteiger partial charge in [0.05, 0.1) is 21.5 Å². The number of benzene rings is 2. The molecule has 0 N–H and O–H groups in total. The van der Waals surface area contributed by atoms with E-state index >= 15 is 0 Å². The molecule has 0 atom stereocenters. The third-order valence-electron chi connectivity index (χ3n) is 6.34. The van der Waals surface area contributed by atoms with Crippen LogP contribution in [0.3, 0.4) is 0 Å². The zero-order chi connectivity index (χ0) is 22.5. The van der Waals surface area contributed by atoms with Crippen molar-refractivity contribution in [2.45, 2.75) is 30.7 Å². The Morgan fingerprint density at radius 3 is 2.47 bits per heavy atom. The molecule has 0 saturated carbocycles. The lowest BCUT2D eigenvalue weighted by molar-refractivity contribution is 0.0989. The molecule has 0 aliphatic carbocycles. The second kappa shape index (κ2) is 7.90. The summed E-state index contributed by atoms with van der Waals surface area (Å²) in [6.07, 6.45) is 3.29. The second-order valence-electron chi connectivity index (χ2n) is 8.52. The van der Waals surface area contributed by atoms with Gasteiger partial charge in [0.2, 0.25) is 16.0 Å². The molecule has 3 aromatic rings. The van der Waals surface area contributed by atoms with Crippen molar-refractivity contribution in [2.24, 2.45) is 0 Å². The van der Waals surface area contributed by atoms with Crippen LogP contribution in [0.5, 0.6) is 0 Å². The number of carbonyl (C=O) groups excluding carboxylic acids is 1. The SMILES string of the molecule is CN(C)S(=O)(=O)c1ccc(N2CCCCC2)c(C(=O)N2CCn3c2nc2ccccc23)c1. The van der Waals surface area contributed by atoms with E-state index in [1.165, 1.54) is 30.9 Å². The van der Waals surface area contributed by atoms with Crippen LogP contribution in [0.1, 0.15) is 29.6 Å². The summed E-state index contributed by atoms with van der Waals surface area (Å²) in [7, 11) is -0.665. The number of para-hydroxylation sites is 2. The molecule has 0 radical (unpaired) electrons. The van der Waals surface area contributed by atoms with Crippen molar-refractivity contribution in [1.82, 2.24) is 13.9 Å². The van der Waals surface area contributed by atoms with Crippen molar-refractivity contribution in [3.8, 4) is 0 Å². The van der Waals surface area contributed by atoms with Gasteiger partial charge in [-0.25, -0.2) is 17.7 Å². The smallest absolute Gasteiger partial charge is 0.262 e. The number of fused-ring (bicyclic) bond motifs is 3. The summed E-state index contributed by atoms with van der Waals surface area (Å²) < 4.78 is 28.8. The summed E-state index contributed by atoms with van der Waals surface area (Å²) in [6.45, 7) is 2.89. The van der Waals surface area contributed by atoms with E-state index in [1.807, 2.05) is 28.8 Å². The van der Waals surface area contributed by atoms with Crippen LogP contribution in [0.2, 0.25) is 0 Å². The van der Waals surface area contributed by atoms with Gasteiger partial charge in [0.1, 0.15) is 0 Å². The highest BCUT2D eigenvalue weighted by Crippen LogP contribution is 2.33. The van der Waals surface area contributed by atoms with E-state index in [1.54, 1.807) is 17.0 Å². The third-order valence-corrected chi connectivity index (χ3v) is 8.15. The number of hydrogen-bond donors (Lipinski definition) is 0. The molecule has 1 aromatic heterocycles. The van der Waals surface area contributed by atoms with Crippen LogP contribution in [0.25, 0.3) is 11.0 Å². The predicted octanol–water partition coefficient (Wildman–Crippen LogP) is 2.94. The highest BCUT2D eigenvalue weighted by molar-refractivity contribution is 7.89. The molecule has 0 unspecified atom stereocenters. The minimum Gasteiger partial charge on any atom is -0.371 e. The number of aromatic nitrogens is 2. The van der Waals surface area contributed by atoms with Crippen molar-refractivity contribution in [2.75, 3.05) is 43.5 Å². The summed E-state index contributed by atoms with van der Waals surface area (Å²) in [6, 6.07) is 12.8. The largest absolute Gasteiger partial charge is 0.371 e. The Labute approximate surface area is 188 Å². The molecule has 9 heteroatoms. The fourth-order valence-corrected chi connectivity index (χ4v) is 5.52. The van der Waals surface area contributed by atoms with Crippen molar-refractivity contribution in [1.29, 1.82) is 0 Å². The zero-order valence-corrected chi connectivity index (χ0v) is 19.2. The molecule has 0 bridgehead atoms. The molecule has 5 rings (SSSR count). The number of nitrogens with zero attached hydrogens (tertiary/aromatic N) is 5. The van der Waals surface area contributed by atoms with Gasteiger partial charge in [0.25, 0.3) is 5.91 Å². The molecule has 0 spiro atoms. The number of piperidine rings is 1. The molecule has 32 heavy (non-hydrogen) atoms. The zero-order valence-electron chi connectivity index (χ0n) is 18.4. The highest BCUT2D eigenvalue weighted by atomic mass is 32.2. The minimum atomic E-state index is -3.66. The molecule has 2 aliphatic rings. The maximum atomic E-state index is 13.8. The summed E-state index contributed by atoms with van der Waals surface area (Å²) >= 11 is 0. The van der Waals surface area contributed by atoms with Crippen molar-refractivity contribution < 1.29 is 13.2 Å². The van der Waals surface area contributed by atoms with E-state index in [9.17, 15) is 13.2 Å². The van der Waals surface area contributed by atoms with Crippen molar-refractivity contribution >= 4 is 38.6 Å². The van der Waals surface area contributed by atoms with Crippen LogP contribution in [0, 0.1) is 0 Å². The van der Waals surface area contributed by atoms with Crippen molar-refractivity contribution in [3.63, 3.8) is 0 Å². The molecule has 1 amide bonds. The molecule has 3 heterocycles. The fourth-order valence-electron chi connectivity index (χ4n) is 4.60. The van der Waals surface area contributed by atoms with E-state index in [-0.39, 0.29) is 10.8 Å². The Morgan fingerprint density at radius 2 is 1.72 bits per heavy atom. The van der Waals surface area contributed by atoms with Gasteiger partial charge in [-0.1, -0.05) is 12.1 Å². The van der Waals surface area contributed by atoms with Gasteiger partial charge < -0.3 is 9.47 Å². The first-order valence-electron chi connectivity index (χ1n) is 11.0. The molecular formula is C23H27N5O3S. The molecular weight excluding hydrogens is 426 g/mol. The number of amides is 1. The molecule has 168 valence electrons. The lowest BCUT2D eigenvalue weighted by Crippen LogP contribution is -2.35. The van der Waals surface area contributed by atoms with Gasteiger partial charge in [-0.15, -0.1) is 0 Å². The minimum absolute atomic E-state index is 0.124. The summed E-state index contributed by atoms with van der Waals surface area (Å²) in [4.78, 5) is 22.5. The quantitative estimate of drug-likeness (QED) is 0.607. The normalized spacial score (nSPS) is 16.7. The Hall–Kier alpha value is -2.91. The Balaban J connectivity index is 1.60. The van der Waals surface area contributed by atoms with E-state index in [0.717, 1.165) is 42.7 Å². The number of carbonyl (C=O) groups is 1. The number of sulfonamides is 1. The standard InChI is InChI=1S/C23H27N5O3S/c1-25(2)32(30,31)17-10-11-20(26-12-6-3-7-13-26)18(16-17)22(29)28-15-14-27-21-9-5-4-8-19(21)24-23(27)28/h4-5,8-11,16H,3,6-7,12-15H2,1-2H3. The predicted molar refractivity (Wildman–Crippen MR) is 125 cm³/mol. The molecule has 1 saturated heterocycles. The van der Waals surface area contributed by atoms with E-state index in [2.05, 4.69) is 4.90 Å². The molecule has 1 fully saturated rings. The summed E-state index contributed by atoms with van der Waals surface area (Å²) in [5.41, 5.74) is 3.05. The first-order valence-corrected chi connectivity index (χ1v) is 12.4. The molecule has 2 aromatic carbocycles. The van der Waals surface area contributed by atoms with Gasteiger partial charge in [0, 0.05) is 46.0 Å². The molecule has 2 aliphatic heterocycles. The lowest BCUT2D eigenvalue weighted by Gasteiger charge is -2.31. The topological polar surface area (TPSA) is 78.8 Å². The summed E-state index contributed by atoms with van der Waals surface area (Å²) in [5.74, 6) is 0.400. The maximum absolute atomic E-state index is 13.8. The van der Waals surface area contributed by atoms with Gasteiger partial charge in [-0.2, -0.15) is 0 Å². The van der Waals surface area contributed by atoms with Crippen LogP contribution in [-0.2, 0) is 16.6 Å². The van der Waals surface area contributed by atoms with Gasteiger partial charge >= 0.3 is 0 Å². The van der Waals surface area contributed by atoms with E-state index in [0.29, 0.717) is 24.6 Å².